The third kappa shape index (κ3) is 3.46. The highest BCUT2D eigenvalue weighted by Gasteiger charge is 2.37. The second-order valence-electron chi connectivity index (χ2n) is 5.75. The molecular formula is C13H27NO. The van der Waals surface area contributed by atoms with E-state index in [0.717, 1.165) is 31.1 Å². The van der Waals surface area contributed by atoms with Crippen molar-refractivity contribution in [2.75, 3.05) is 6.61 Å². The molecule has 90 valence electrons. The molecule has 15 heavy (non-hydrogen) atoms. The molecule has 3 atom stereocenters. The smallest absolute Gasteiger partial charge is 0.0613 e. The van der Waals surface area contributed by atoms with Crippen LogP contribution < -0.4 is 5.32 Å². The summed E-state index contributed by atoms with van der Waals surface area (Å²) in [7, 11) is 0. The fourth-order valence-electron chi connectivity index (χ4n) is 3.19. The third-order valence-corrected chi connectivity index (χ3v) is 3.75. The van der Waals surface area contributed by atoms with Crippen molar-refractivity contribution in [3.8, 4) is 0 Å². The minimum Gasteiger partial charge on any atom is -0.394 e. The van der Waals surface area contributed by atoms with Gasteiger partial charge in [0.2, 0.25) is 0 Å². The lowest BCUT2D eigenvalue weighted by Crippen LogP contribution is -2.55. The molecule has 0 amide bonds. The molecule has 0 spiro atoms. The minimum atomic E-state index is -0.00743. The van der Waals surface area contributed by atoms with Gasteiger partial charge in [-0.3, -0.25) is 0 Å². The van der Waals surface area contributed by atoms with Crippen LogP contribution in [0.2, 0.25) is 0 Å². The molecule has 0 aromatic heterocycles. The standard InChI is InChI=1S/C13H27NO/c1-5-12(4)14-13(9-15)7-10(2)6-11(3)8-13/h10-12,14-15H,5-9H2,1-4H3. The van der Waals surface area contributed by atoms with Crippen LogP contribution >= 0.6 is 0 Å². The maximum Gasteiger partial charge on any atom is 0.0613 e. The van der Waals surface area contributed by atoms with Crippen molar-refractivity contribution >= 4 is 0 Å². The minimum absolute atomic E-state index is 0.00743. The Balaban J connectivity index is 2.65. The van der Waals surface area contributed by atoms with Gasteiger partial charge in [0.25, 0.3) is 0 Å². The van der Waals surface area contributed by atoms with Gasteiger partial charge >= 0.3 is 0 Å². The summed E-state index contributed by atoms with van der Waals surface area (Å²) in [4.78, 5) is 0. The highest BCUT2D eigenvalue weighted by atomic mass is 16.3. The van der Waals surface area contributed by atoms with Crippen LogP contribution in [0, 0.1) is 11.8 Å². The van der Waals surface area contributed by atoms with E-state index in [0.29, 0.717) is 6.04 Å². The quantitative estimate of drug-likeness (QED) is 0.752. The SMILES string of the molecule is CCC(C)NC1(CO)CC(C)CC(C)C1. The van der Waals surface area contributed by atoms with Crippen molar-refractivity contribution in [3.63, 3.8) is 0 Å². The highest BCUT2D eigenvalue weighted by Crippen LogP contribution is 2.36. The van der Waals surface area contributed by atoms with Gasteiger partial charge in [-0.05, 0) is 44.4 Å². The first-order valence-electron chi connectivity index (χ1n) is 6.40. The first-order chi connectivity index (χ1) is 7.01. The van der Waals surface area contributed by atoms with Crippen LogP contribution in [0.5, 0.6) is 0 Å². The first kappa shape index (κ1) is 13.0. The van der Waals surface area contributed by atoms with Crippen LogP contribution in [0.1, 0.15) is 53.4 Å². The van der Waals surface area contributed by atoms with Crippen LogP contribution in [-0.4, -0.2) is 23.3 Å². The Hall–Kier alpha value is -0.0800. The number of nitrogens with one attached hydrogen (secondary N) is 1. The van der Waals surface area contributed by atoms with Crippen molar-refractivity contribution in [1.29, 1.82) is 0 Å². The second-order valence-corrected chi connectivity index (χ2v) is 5.75. The van der Waals surface area contributed by atoms with E-state index in [4.69, 9.17) is 0 Å². The summed E-state index contributed by atoms with van der Waals surface area (Å²) in [6, 6.07) is 0.509. The fraction of sp³-hybridized carbons (Fsp3) is 1.00. The van der Waals surface area contributed by atoms with Crippen LogP contribution in [0.15, 0.2) is 0 Å². The normalized spacial score (nSPS) is 39.0. The number of aliphatic hydroxyl groups excluding tert-OH is 1. The van der Waals surface area contributed by atoms with E-state index in [1.165, 1.54) is 6.42 Å². The summed E-state index contributed by atoms with van der Waals surface area (Å²) < 4.78 is 0. The van der Waals surface area contributed by atoms with Gasteiger partial charge in [0.1, 0.15) is 0 Å². The van der Waals surface area contributed by atoms with Crippen molar-refractivity contribution in [3.05, 3.63) is 0 Å². The highest BCUT2D eigenvalue weighted by molar-refractivity contribution is 4.95. The Kier molecular flexibility index (Phi) is 4.60. The van der Waals surface area contributed by atoms with Crippen LogP contribution in [-0.2, 0) is 0 Å². The fourth-order valence-corrected chi connectivity index (χ4v) is 3.19. The van der Waals surface area contributed by atoms with Crippen molar-refractivity contribution in [2.45, 2.75) is 65.0 Å². The number of hydrogen-bond acceptors (Lipinski definition) is 2. The molecule has 3 unspecified atom stereocenters. The molecule has 2 N–H and O–H groups in total. The molecular weight excluding hydrogens is 186 g/mol. The summed E-state index contributed by atoms with van der Waals surface area (Å²) in [5.41, 5.74) is -0.00743. The van der Waals surface area contributed by atoms with E-state index in [1.54, 1.807) is 0 Å². The van der Waals surface area contributed by atoms with E-state index in [1.807, 2.05) is 0 Å². The van der Waals surface area contributed by atoms with Crippen molar-refractivity contribution in [2.24, 2.45) is 11.8 Å². The number of aliphatic hydroxyl groups is 1. The lowest BCUT2D eigenvalue weighted by atomic mass is 9.71. The van der Waals surface area contributed by atoms with Gasteiger partial charge in [-0.1, -0.05) is 20.8 Å². The Morgan fingerprint density at radius 3 is 2.27 bits per heavy atom. The molecule has 1 fully saturated rings. The molecule has 0 bridgehead atoms. The van der Waals surface area contributed by atoms with Gasteiger partial charge in [-0.15, -0.1) is 0 Å². The largest absolute Gasteiger partial charge is 0.394 e. The lowest BCUT2D eigenvalue weighted by molar-refractivity contribution is 0.0670. The monoisotopic (exact) mass is 213 g/mol. The zero-order valence-corrected chi connectivity index (χ0v) is 10.7. The zero-order valence-electron chi connectivity index (χ0n) is 10.7. The average Bonchev–Trinajstić information content (AvgIpc) is 2.16. The van der Waals surface area contributed by atoms with E-state index < -0.39 is 0 Å². The predicted octanol–water partition coefficient (Wildman–Crippen LogP) is 2.56. The summed E-state index contributed by atoms with van der Waals surface area (Å²) in [5, 5.41) is 13.3. The maximum absolute atomic E-state index is 9.66. The van der Waals surface area contributed by atoms with E-state index in [9.17, 15) is 5.11 Å². The topological polar surface area (TPSA) is 32.3 Å². The van der Waals surface area contributed by atoms with Crippen molar-refractivity contribution < 1.29 is 5.11 Å². The van der Waals surface area contributed by atoms with Gasteiger partial charge < -0.3 is 10.4 Å². The lowest BCUT2D eigenvalue weighted by Gasteiger charge is -2.44. The van der Waals surface area contributed by atoms with Crippen LogP contribution in [0.25, 0.3) is 0 Å². The summed E-state index contributed by atoms with van der Waals surface area (Å²) in [5.74, 6) is 1.47. The summed E-state index contributed by atoms with van der Waals surface area (Å²) in [6.45, 7) is 9.29. The molecule has 0 aromatic carbocycles. The van der Waals surface area contributed by atoms with Gasteiger partial charge in [0.05, 0.1) is 6.61 Å². The Bertz CT molecular complexity index is 183. The van der Waals surface area contributed by atoms with E-state index in [-0.39, 0.29) is 12.1 Å². The van der Waals surface area contributed by atoms with Gasteiger partial charge in [0.15, 0.2) is 0 Å². The number of rotatable bonds is 4. The molecule has 2 nitrogen and oxygen atoms in total. The Morgan fingerprint density at radius 2 is 1.87 bits per heavy atom. The molecule has 1 aliphatic rings. The molecule has 1 rings (SSSR count). The molecule has 2 heteroatoms. The van der Waals surface area contributed by atoms with E-state index >= 15 is 0 Å². The molecule has 1 aliphatic carbocycles. The van der Waals surface area contributed by atoms with Gasteiger partial charge in [-0.25, -0.2) is 0 Å². The van der Waals surface area contributed by atoms with Gasteiger partial charge in [0, 0.05) is 11.6 Å². The molecule has 0 aromatic rings. The first-order valence-corrected chi connectivity index (χ1v) is 6.40. The molecule has 0 radical (unpaired) electrons. The third-order valence-electron chi connectivity index (χ3n) is 3.75. The zero-order chi connectivity index (χ0) is 11.5. The summed E-state index contributed by atoms with van der Waals surface area (Å²) >= 11 is 0. The second kappa shape index (κ2) is 5.31. The Morgan fingerprint density at radius 1 is 1.33 bits per heavy atom. The van der Waals surface area contributed by atoms with Gasteiger partial charge in [-0.2, -0.15) is 0 Å². The predicted molar refractivity (Wildman–Crippen MR) is 64.9 cm³/mol. The molecule has 0 saturated heterocycles. The van der Waals surface area contributed by atoms with Crippen LogP contribution in [0.3, 0.4) is 0 Å². The van der Waals surface area contributed by atoms with Crippen LogP contribution in [0.4, 0.5) is 0 Å². The maximum atomic E-state index is 9.66. The number of hydrogen-bond donors (Lipinski definition) is 2. The molecule has 0 aliphatic heterocycles. The average molecular weight is 213 g/mol. The Labute approximate surface area is 94.5 Å². The molecule has 0 heterocycles. The van der Waals surface area contributed by atoms with E-state index in [2.05, 4.69) is 33.0 Å². The van der Waals surface area contributed by atoms with Crippen molar-refractivity contribution in [1.82, 2.24) is 5.32 Å². The molecule has 1 saturated carbocycles. The summed E-state index contributed by atoms with van der Waals surface area (Å²) in [6.07, 6.45) is 4.69.